The Morgan fingerprint density at radius 3 is 2.50 bits per heavy atom. The van der Waals surface area contributed by atoms with Crippen LogP contribution in [0.1, 0.15) is 16.1 Å². The number of aromatic nitrogens is 1. The molecule has 0 saturated carbocycles. The summed E-state index contributed by atoms with van der Waals surface area (Å²) in [7, 11) is 0. The lowest BCUT2D eigenvalue weighted by molar-refractivity contribution is 0.296. The molecule has 2 aromatic rings. The van der Waals surface area contributed by atoms with E-state index < -0.39 is 0 Å². The molecule has 0 aliphatic heterocycles. The zero-order valence-corrected chi connectivity index (χ0v) is 13.0. The molecule has 106 valence electrons. The molecule has 0 atom stereocenters. The van der Waals surface area contributed by atoms with Gasteiger partial charge in [-0.15, -0.1) is 0 Å². The number of ether oxygens (including phenoxy) is 1. The highest BCUT2D eigenvalue weighted by Crippen LogP contribution is 2.13. The second kappa shape index (κ2) is 6.19. The summed E-state index contributed by atoms with van der Waals surface area (Å²) >= 11 is 6.16. The van der Waals surface area contributed by atoms with E-state index in [0.717, 1.165) is 21.9 Å². The van der Waals surface area contributed by atoms with Crippen molar-refractivity contribution in [2.45, 2.75) is 20.4 Å². The van der Waals surface area contributed by atoms with E-state index in [4.69, 9.17) is 22.7 Å². The first-order valence-corrected chi connectivity index (χ1v) is 7.41. The third-order valence-corrected chi connectivity index (χ3v) is 4.33. The Morgan fingerprint density at radius 1 is 1.35 bits per heavy atom. The minimum atomic E-state index is 0.0624. The number of thiazole rings is 1. The largest absolute Gasteiger partial charge is 0.492 e. The van der Waals surface area contributed by atoms with Gasteiger partial charge in [-0.3, -0.25) is 9.36 Å². The van der Waals surface area contributed by atoms with Crippen LogP contribution in [-0.2, 0) is 6.54 Å². The molecular weight excluding hydrogens is 292 g/mol. The molecule has 0 aliphatic rings. The maximum absolute atomic E-state index is 11.7. The van der Waals surface area contributed by atoms with E-state index in [2.05, 4.69) is 0 Å². The number of nitrogens with zero attached hydrogens (tertiary/aromatic N) is 1. The summed E-state index contributed by atoms with van der Waals surface area (Å²) in [5.74, 6) is 0.739. The van der Waals surface area contributed by atoms with Gasteiger partial charge in [0.1, 0.15) is 17.3 Å². The molecule has 6 heteroatoms. The number of hydrogen-bond acceptors (Lipinski definition) is 4. The van der Waals surface area contributed by atoms with Gasteiger partial charge in [0.15, 0.2) is 0 Å². The lowest BCUT2D eigenvalue weighted by atomic mass is 10.2. The molecule has 0 aliphatic carbocycles. The van der Waals surface area contributed by atoms with Gasteiger partial charge in [0.2, 0.25) is 0 Å². The SMILES string of the molecule is Cc1sc(=O)n(CCOc2ccc(C(N)=S)cc2)c1C. The average Bonchev–Trinajstić information content (AvgIpc) is 2.65. The predicted octanol–water partition coefficient (Wildman–Crippen LogP) is 2.24. The normalized spacial score (nSPS) is 10.5. The Balaban J connectivity index is 1.96. The van der Waals surface area contributed by atoms with Crippen LogP contribution in [0.25, 0.3) is 0 Å². The van der Waals surface area contributed by atoms with Crippen molar-refractivity contribution in [2.24, 2.45) is 5.73 Å². The van der Waals surface area contributed by atoms with Crippen LogP contribution >= 0.6 is 23.6 Å². The highest BCUT2D eigenvalue weighted by Gasteiger charge is 2.07. The van der Waals surface area contributed by atoms with E-state index >= 15 is 0 Å². The van der Waals surface area contributed by atoms with Crippen LogP contribution in [0.15, 0.2) is 29.1 Å². The first kappa shape index (κ1) is 14.7. The monoisotopic (exact) mass is 308 g/mol. The topological polar surface area (TPSA) is 57.2 Å². The Bertz CT molecular complexity index is 671. The Hall–Kier alpha value is -1.66. The molecule has 4 nitrogen and oxygen atoms in total. The van der Waals surface area contributed by atoms with Gasteiger partial charge < -0.3 is 10.5 Å². The zero-order valence-electron chi connectivity index (χ0n) is 11.4. The van der Waals surface area contributed by atoms with Crippen LogP contribution in [0.2, 0.25) is 0 Å². The van der Waals surface area contributed by atoms with Crippen LogP contribution in [-0.4, -0.2) is 16.2 Å². The summed E-state index contributed by atoms with van der Waals surface area (Å²) in [5, 5.41) is 0. The van der Waals surface area contributed by atoms with E-state index in [1.807, 2.05) is 38.1 Å². The quantitative estimate of drug-likeness (QED) is 0.861. The minimum Gasteiger partial charge on any atom is -0.492 e. The number of thiocarbonyl (C=S) groups is 1. The standard InChI is InChI=1S/C14H16N2O2S2/c1-9-10(2)20-14(17)16(9)7-8-18-12-5-3-11(4-6-12)13(15)19/h3-6H,7-8H2,1-2H3,(H2,15,19). The molecule has 0 saturated heterocycles. The van der Waals surface area contributed by atoms with Crippen molar-refractivity contribution in [3.8, 4) is 5.75 Å². The molecule has 20 heavy (non-hydrogen) atoms. The molecule has 2 rings (SSSR count). The van der Waals surface area contributed by atoms with E-state index in [1.165, 1.54) is 11.3 Å². The van der Waals surface area contributed by atoms with Crippen molar-refractivity contribution in [2.75, 3.05) is 6.61 Å². The summed E-state index contributed by atoms with van der Waals surface area (Å²) in [6, 6.07) is 7.29. The third-order valence-electron chi connectivity index (χ3n) is 3.10. The highest BCUT2D eigenvalue weighted by atomic mass is 32.1. The van der Waals surface area contributed by atoms with Crippen LogP contribution in [0.5, 0.6) is 5.75 Å². The number of benzene rings is 1. The average molecular weight is 308 g/mol. The maximum Gasteiger partial charge on any atom is 0.307 e. The molecule has 0 radical (unpaired) electrons. The van der Waals surface area contributed by atoms with E-state index in [1.54, 1.807) is 4.57 Å². The second-order valence-corrected chi connectivity index (χ2v) is 6.00. The minimum absolute atomic E-state index is 0.0624. The van der Waals surface area contributed by atoms with Crippen LogP contribution < -0.4 is 15.3 Å². The Labute approximate surface area is 126 Å². The summed E-state index contributed by atoms with van der Waals surface area (Å²) in [6.45, 7) is 4.90. The highest BCUT2D eigenvalue weighted by molar-refractivity contribution is 7.80. The van der Waals surface area contributed by atoms with Gasteiger partial charge in [-0.1, -0.05) is 23.6 Å². The Kier molecular flexibility index (Phi) is 4.57. The van der Waals surface area contributed by atoms with Gasteiger partial charge in [0, 0.05) is 16.1 Å². The third kappa shape index (κ3) is 3.26. The molecular formula is C14H16N2O2S2. The lowest BCUT2D eigenvalue weighted by Gasteiger charge is -2.08. The van der Waals surface area contributed by atoms with Crippen LogP contribution in [0.4, 0.5) is 0 Å². The lowest BCUT2D eigenvalue weighted by Crippen LogP contribution is -2.19. The zero-order chi connectivity index (χ0) is 14.7. The maximum atomic E-state index is 11.7. The van der Waals surface area contributed by atoms with Gasteiger partial charge in [-0.25, -0.2) is 0 Å². The van der Waals surface area contributed by atoms with Crippen molar-refractivity contribution in [3.05, 3.63) is 50.1 Å². The van der Waals surface area contributed by atoms with Gasteiger partial charge in [-0.05, 0) is 38.1 Å². The van der Waals surface area contributed by atoms with Gasteiger partial charge in [-0.2, -0.15) is 0 Å². The molecule has 1 aromatic heterocycles. The van der Waals surface area contributed by atoms with Crippen molar-refractivity contribution in [1.82, 2.24) is 4.57 Å². The smallest absolute Gasteiger partial charge is 0.307 e. The van der Waals surface area contributed by atoms with Gasteiger partial charge in [0.05, 0.1) is 6.54 Å². The number of rotatable bonds is 5. The molecule has 2 N–H and O–H groups in total. The predicted molar refractivity (Wildman–Crippen MR) is 85.9 cm³/mol. The molecule has 0 unspecified atom stereocenters. The van der Waals surface area contributed by atoms with Crippen LogP contribution in [0.3, 0.4) is 0 Å². The molecule has 1 heterocycles. The second-order valence-electron chi connectivity index (χ2n) is 4.40. The van der Waals surface area contributed by atoms with Crippen molar-refractivity contribution < 1.29 is 4.74 Å². The van der Waals surface area contributed by atoms with Crippen molar-refractivity contribution in [3.63, 3.8) is 0 Å². The summed E-state index contributed by atoms with van der Waals surface area (Å²) in [5.41, 5.74) is 7.35. The summed E-state index contributed by atoms with van der Waals surface area (Å²) in [4.78, 5) is 13.2. The fourth-order valence-corrected chi connectivity index (χ4v) is 2.81. The number of nitrogens with two attached hydrogens (primary N) is 1. The van der Waals surface area contributed by atoms with Crippen molar-refractivity contribution >= 4 is 28.5 Å². The van der Waals surface area contributed by atoms with E-state index in [0.29, 0.717) is 18.1 Å². The van der Waals surface area contributed by atoms with Gasteiger partial charge in [0.25, 0.3) is 0 Å². The molecule has 0 bridgehead atoms. The number of aryl methyl sites for hydroxylation is 1. The molecule has 0 spiro atoms. The number of hydrogen-bond donors (Lipinski definition) is 1. The molecule has 0 fully saturated rings. The fourth-order valence-electron chi connectivity index (χ4n) is 1.82. The Morgan fingerprint density at radius 2 is 2.00 bits per heavy atom. The first-order chi connectivity index (χ1) is 9.49. The van der Waals surface area contributed by atoms with E-state index in [9.17, 15) is 4.79 Å². The van der Waals surface area contributed by atoms with Gasteiger partial charge >= 0.3 is 4.87 Å². The van der Waals surface area contributed by atoms with Crippen molar-refractivity contribution in [1.29, 1.82) is 0 Å². The molecule has 0 amide bonds. The van der Waals surface area contributed by atoms with E-state index in [-0.39, 0.29) is 4.87 Å². The molecule has 1 aromatic carbocycles. The summed E-state index contributed by atoms with van der Waals surface area (Å²) in [6.07, 6.45) is 0. The first-order valence-electron chi connectivity index (χ1n) is 6.18. The fraction of sp³-hybridized carbons (Fsp3) is 0.286. The van der Waals surface area contributed by atoms with Crippen LogP contribution in [0, 0.1) is 13.8 Å². The summed E-state index contributed by atoms with van der Waals surface area (Å²) < 4.78 is 7.36.